The Hall–Kier alpha value is -3.80. The maximum atomic E-state index is 11.9. The SMILES string of the molecule is COC(=O)c1ccc(CN(CC2CCN(Cc3ccccc3)C2)c2ccc(Oc3ccc(Cl)cc3)cc2)cc1. The van der Waals surface area contributed by atoms with Crippen molar-refractivity contribution >= 4 is 23.3 Å². The fraction of sp³-hybridized carbons (Fsp3) is 0.242. The molecule has 4 aromatic rings. The molecule has 1 atom stereocenters. The van der Waals surface area contributed by atoms with Crippen LogP contribution in [0.1, 0.15) is 27.9 Å². The lowest BCUT2D eigenvalue weighted by Gasteiger charge is -2.28. The number of halogens is 1. The van der Waals surface area contributed by atoms with E-state index in [4.69, 9.17) is 21.1 Å². The van der Waals surface area contributed by atoms with Crippen molar-refractivity contribution in [3.63, 3.8) is 0 Å². The molecule has 1 aliphatic rings. The molecule has 1 saturated heterocycles. The lowest BCUT2D eigenvalue weighted by Crippen LogP contribution is -2.31. The first-order chi connectivity index (χ1) is 19.1. The van der Waals surface area contributed by atoms with Crippen LogP contribution in [0.3, 0.4) is 0 Å². The topological polar surface area (TPSA) is 42.0 Å². The molecule has 5 rings (SSSR count). The van der Waals surface area contributed by atoms with Gasteiger partial charge in [0.15, 0.2) is 0 Å². The van der Waals surface area contributed by atoms with Crippen LogP contribution in [0.4, 0.5) is 5.69 Å². The summed E-state index contributed by atoms with van der Waals surface area (Å²) in [6.45, 7) is 4.86. The zero-order valence-corrected chi connectivity index (χ0v) is 22.9. The predicted octanol–water partition coefficient (Wildman–Crippen LogP) is 7.45. The molecular formula is C33H33ClN2O3. The number of hydrogen-bond donors (Lipinski definition) is 0. The Balaban J connectivity index is 1.29. The van der Waals surface area contributed by atoms with Gasteiger partial charge in [-0.1, -0.05) is 54.1 Å². The van der Waals surface area contributed by atoms with Crippen molar-refractivity contribution in [3.8, 4) is 11.5 Å². The van der Waals surface area contributed by atoms with Crippen LogP contribution in [-0.4, -0.2) is 37.6 Å². The fourth-order valence-corrected chi connectivity index (χ4v) is 5.19. The standard InChI is InChI=1S/C33H33ClN2O3/c1-38-33(37)28-9-7-26(8-10-28)23-36(24-27-19-20-35(22-27)21-25-5-3-2-4-6-25)30-13-17-32(18-14-30)39-31-15-11-29(34)12-16-31/h2-18,27H,19-24H2,1H3. The molecular weight excluding hydrogens is 508 g/mol. The van der Waals surface area contributed by atoms with Crippen molar-refractivity contribution in [2.45, 2.75) is 19.5 Å². The first-order valence-electron chi connectivity index (χ1n) is 13.3. The van der Waals surface area contributed by atoms with Crippen molar-refractivity contribution < 1.29 is 14.3 Å². The second-order valence-corrected chi connectivity index (χ2v) is 10.4. The van der Waals surface area contributed by atoms with Crippen LogP contribution in [0, 0.1) is 5.92 Å². The van der Waals surface area contributed by atoms with Gasteiger partial charge in [0.05, 0.1) is 12.7 Å². The quantitative estimate of drug-likeness (QED) is 0.195. The summed E-state index contributed by atoms with van der Waals surface area (Å²) in [5.41, 5.74) is 4.20. The molecule has 0 spiro atoms. The Labute approximate surface area is 235 Å². The summed E-state index contributed by atoms with van der Waals surface area (Å²) in [5.74, 6) is 1.77. The highest BCUT2D eigenvalue weighted by atomic mass is 35.5. The van der Waals surface area contributed by atoms with Crippen molar-refractivity contribution in [2.24, 2.45) is 5.92 Å². The molecule has 200 valence electrons. The molecule has 1 fully saturated rings. The number of rotatable bonds is 10. The summed E-state index contributed by atoms with van der Waals surface area (Å²) in [6, 6.07) is 34.0. The molecule has 6 heteroatoms. The maximum absolute atomic E-state index is 11.9. The number of carbonyl (C=O) groups excluding carboxylic acids is 1. The van der Waals surface area contributed by atoms with Gasteiger partial charge in [-0.15, -0.1) is 0 Å². The number of carbonyl (C=O) groups is 1. The van der Waals surface area contributed by atoms with Crippen LogP contribution in [0.5, 0.6) is 11.5 Å². The lowest BCUT2D eigenvalue weighted by molar-refractivity contribution is 0.0600. The molecule has 0 aromatic heterocycles. The van der Waals surface area contributed by atoms with E-state index in [9.17, 15) is 4.79 Å². The van der Waals surface area contributed by atoms with Crippen molar-refractivity contribution in [2.75, 3.05) is 31.6 Å². The smallest absolute Gasteiger partial charge is 0.337 e. The van der Waals surface area contributed by atoms with Crippen LogP contribution < -0.4 is 9.64 Å². The minimum absolute atomic E-state index is 0.320. The van der Waals surface area contributed by atoms with E-state index in [0.717, 1.165) is 55.5 Å². The average molecular weight is 541 g/mol. The number of ether oxygens (including phenoxy) is 2. The maximum Gasteiger partial charge on any atom is 0.337 e. The van der Waals surface area contributed by atoms with Gasteiger partial charge in [-0.25, -0.2) is 4.79 Å². The van der Waals surface area contributed by atoms with E-state index >= 15 is 0 Å². The van der Waals surface area contributed by atoms with Crippen molar-refractivity contribution in [1.82, 2.24) is 4.90 Å². The van der Waals surface area contributed by atoms with E-state index < -0.39 is 0 Å². The van der Waals surface area contributed by atoms with Crippen molar-refractivity contribution in [1.29, 1.82) is 0 Å². The zero-order valence-electron chi connectivity index (χ0n) is 22.1. The highest BCUT2D eigenvalue weighted by Crippen LogP contribution is 2.28. The van der Waals surface area contributed by atoms with E-state index in [1.807, 2.05) is 60.7 Å². The van der Waals surface area contributed by atoms with E-state index in [1.165, 1.54) is 19.1 Å². The van der Waals surface area contributed by atoms with E-state index in [1.54, 1.807) is 0 Å². The molecule has 0 amide bonds. The van der Waals surface area contributed by atoms with Crippen LogP contribution in [0.25, 0.3) is 0 Å². The van der Waals surface area contributed by atoms with Gasteiger partial charge in [-0.3, -0.25) is 4.90 Å². The minimum atomic E-state index is -0.320. The summed E-state index contributed by atoms with van der Waals surface area (Å²) in [4.78, 5) is 16.9. The fourth-order valence-electron chi connectivity index (χ4n) is 5.07. The third kappa shape index (κ3) is 7.41. The summed E-state index contributed by atoms with van der Waals surface area (Å²) in [6.07, 6.45) is 1.17. The number of anilines is 1. The number of hydrogen-bond acceptors (Lipinski definition) is 5. The molecule has 1 heterocycles. The molecule has 0 N–H and O–H groups in total. The zero-order chi connectivity index (χ0) is 27.0. The van der Waals surface area contributed by atoms with E-state index in [0.29, 0.717) is 16.5 Å². The van der Waals surface area contributed by atoms with Gasteiger partial charge in [-0.05, 0) is 90.7 Å². The molecule has 5 nitrogen and oxygen atoms in total. The molecule has 0 saturated carbocycles. The van der Waals surface area contributed by atoms with Gasteiger partial charge in [0.1, 0.15) is 11.5 Å². The molecule has 39 heavy (non-hydrogen) atoms. The Morgan fingerprint density at radius 2 is 1.54 bits per heavy atom. The molecule has 0 aliphatic carbocycles. The Bertz CT molecular complexity index is 1340. The largest absolute Gasteiger partial charge is 0.465 e. The number of esters is 1. The van der Waals surface area contributed by atoms with Crippen LogP contribution in [-0.2, 0) is 17.8 Å². The number of nitrogens with zero attached hydrogens (tertiary/aromatic N) is 2. The van der Waals surface area contributed by atoms with Crippen LogP contribution in [0.2, 0.25) is 5.02 Å². The third-order valence-electron chi connectivity index (χ3n) is 7.10. The molecule has 0 bridgehead atoms. The van der Waals surface area contributed by atoms with Crippen LogP contribution >= 0.6 is 11.6 Å². The van der Waals surface area contributed by atoms with Gasteiger partial charge in [0, 0.05) is 36.9 Å². The minimum Gasteiger partial charge on any atom is -0.465 e. The second-order valence-electron chi connectivity index (χ2n) is 9.99. The number of likely N-dealkylation sites (tertiary alicyclic amines) is 1. The summed E-state index contributed by atoms with van der Waals surface area (Å²) >= 11 is 6.00. The van der Waals surface area contributed by atoms with Gasteiger partial charge >= 0.3 is 5.97 Å². The third-order valence-corrected chi connectivity index (χ3v) is 7.35. The Kier molecular flexibility index (Phi) is 8.82. The summed E-state index contributed by atoms with van der Waals surface area (Å²) in [5, 5.41) is 0.683. The van der Waals surface area contributed by atoms with Gasteiger partial charge in [0.2, 0.25) is 0 Å². The van der Waals surface area contributed by atoms with Gasteiger partial charge in [0.25, 0.3) is 0 Å². The normalized spacial score (nSPS) is 15.2. The number of benzene rings is 4. The first kappa shape index (κ1) is 26.8. The second kappa shape index (κ2) is 12.8. The highest BCUT2D eigenvalue weighted by Gasteiger charge is 2.25. The summed E-state index contributed by atoms with van der Waals surface area (Å²) in [7, 11) is 1.40. The average Bonchev–Trinajstić information content (AvgIpc) is 3.41. The summed E-state index contributed by atoms with van der Waals surface area (Å²) < 4.78 is 10.9. The van der Waals surface area contributed by atoms with Gasteiger partial charge in [-0.2, -0.15) is 0 Å². The predicted molar refractivity (Wildman–Crippen MR) is 157 cm³/mol. The number of methoxy groups -OCH3 is 1. The van der Waals surface area contributed by atoms with Crippen molar-refractivity contribution in [3.05, 3.63) is 125 Å². The molecule has 1 unspecified atom stereocenters. The molecule has 1 aliphatic heterocycles. The first-order valence-corrected chi connectivity index (χ1v) is 13.7. The molecule has 4 aromatic carbocycles. The van der Waals surface area contributed by atoms with Gasteiger partial charge < -0.3 is 14.4 Å². The Morgan fingerprint density at radius 1 is 0.872 bits per heavy atom. The molecule has 0 radical (unpaired) electrons. The monoisotopic (exact) mass is 540 g/mol. The van der Waals surface area contributed by atoms with E-state index in [-0.39, 0.29) is 5.97 Å². The van der Waals surface area contributed by atoms with Crippen LogP contribution in [0.15, 0.2) is 103 Å². The highest BCUT2D eigenvalue weighted by molar-refractivity contribution is 6.30. The lowest BCUT2D eigenvalue weighted by atomic mass is 10.1. The van der Waals surface area contributed by atoms with E-state index in [2.05, 4.69) is 52.3 Å². The Morgan fingerprint density at radius 3 is 2.21 bits per heavy atom.